The monoisotopic (exact) mass is 238 g/mol. The van der Waals surface area contributed by atoms with E-state index >= 15 is 0 Å². The highest BCUT2D eigenvalue weighted by atomic mass is 16.5. The topological polar surface area (TPSA) is 9.23 Å². The van der Waals surface area contributed by atoms with Crippen LogP contribution in [0.5, 0.6) is 0 Å². The Balaban J connectivity index is 1.93. The SMILES string of the molecule is c1ccc(CC2(c3ccccc3)CCCO2)cc1. The highest BCUT2D eigenvalue weighted by Gasteiger charge is 2.36. The van der Waals surface area contributed by atoms with Crippen molar-refractivity contribution >= 4 is 0 Å². The summed E-state index contributed by atoms with van der Waals surface area (Å²) >= 11 is 0. The fourth-order valence-corrected chi connectivity index (χ4v) is 2.83. The third-order valence-electron chi connectivity index (χ3n) is 3.74. The second kappa shape index (κ2) is 4.95. The van der Waals surface area contributed by atoms with Crippen LogP contribution in [-0.2, 0) is 16.8 Å². The van der Waals surface area contributed by atoms with Gasteiger partial charge in [-0.1, -0.05) is 60.7 Å². The molecule has 0 bridgehead atoms. The molecule has 3 rings (SSSR count). The molecule has 1 unspecified atom stereocenters. The summed E-state index contributed by atoms with van der Waals surface area (Å²) in [7, 11) is 0. The van der Waals surface area contributed by atoms with Gasteiger partial charge in [0.15, 0.2) is 0 Å². The van der Waals surface area contributed by atoms with Crippen molar-refractivity contribution in [2.24, 2.45) is 0 Å². The van der Waals surface area contributed by atoms with Gasteiger partial charge in [0.25, 0.3) is 0 Å². The molecule has 2 aromatic rings. The van der Waals surface area contributed by atoms with E-state index in [-0.39, 0.29) is 5.60 Å². The van der Waals surface area contributed by atoms with E-state index in [2.05, 4.69) is 60.7 Å². The third kappa shape index (κ3) is 2.19. The van der Waals surface area contributed by atoms with Gasteiger partial charge in [0.2, 0.25) is 0 Å². The summed E-state index contributed by atoms with van der Waals surface area (Å²) in [6.45, 7) is 0.877. The predicted octanol–water partition coefficient (Wildman–Crippen LogP) is 3.94. The van der Waals surface area contributed by atoms with Crippen LogP contribution in [0.15, 0.2) is 60.7 Å². The molecule has 1 fully saturated rings. The normalized spacial score (nSPS) is 23.1. The summed E-state index contributed by atoms with van der Waals surface area (Å²) in [4.78, 5) is 0. The van der Waals surface area contributed by atoms with Crippen molar-refractivity contribution in [2.75, 3.05) is 6.61 Å². The van der Waals surface area contributed by atoms with Crippen molar-refractivity contribution < 1.29 is 4.74 Å². The van der Waals surface area contributed by atoms with Gasteiger partial charge < -0.3 is 4.74 Å². The molecule has 1 heterocycles. The molecular weight excluding hydrogens is 220 g/mol. The minimum absolute atomic E-state index is 0.109. The standard InChI is InChI=1S/C17H18O/c1-3-8-15(9-4-1)14-17(12-7-13-18-17)16-10-5-2-6-11-16/h1-6,8-11H,7,12-14H2. The van der Waals surface area contributed by atoms with E-state index in [0.29, 0.717) is 0 Å². The van der Waals surface area contributed by atoms with E-state index in [9.17, 15) is 0 Å². The molecule has 0 amide bonds. The molecule has 1 aliphatic heterocycles. The van der Waals surface area contributed by atoms with Crippen LogP contribution in [0.1, 0.15) is 24.0 Å². The molecule has 1 atom stereocenters. The van der Waals surface area contributed by atoms with Gasteiger partial charge in [-0.25, -0.2) is 0 Å². The lowest BCUT2D eigenvalue weighted by Crippen LogP contribution is -2.27. The quantitative estimate of drug-likeness (QED) is 0.787. The average molecular weight is 238 g/mol. The zero-order chi connectivity index (χ0) is 12.3. The minimum atomic E-state index is -0.109. The van der Waals surface area contributed by atoms with E-state index in [0.717, 1.165) is 25.9 Å². The Hall–Kier alpha value is -1.60. The molecular formula is C17H18O. The molecule has 1 aliphatic rings. The summed E-state index contributed by atoms with van der Waals surface area (Å²) in [6.07, 6.45) is 3.24. The first-order valence-corrected chi connectivity index (χ1v) is 6.62. The van der Waals surface area contributed by atoms with E-state index in [1.54, 1.807) is 0 Å². The summed E-state index contributed by atoms with van der Waals surface area (Å²) in [5.74, 6) is 0. The third-order valence-corrected chi connectivity index (χ3v) is 3.74. The maximum Gasteiger partial charge on any atom is 0.0972 e. The fourth-order valence-electron chi connectivity index (χ4n) is 2.83. The van der Waals surface area contributed by atoms with Gasteiger partial charge in [0.1, 0.15) is 0 Å². The van der Waals surface area contributed by atoms with Gasteiger partial charge in [-0.3, -0.25) is 0 Å². The molecule has 0 aromatic heterocycles. The molecule has 0 saturated carbocycles. The second-order valence-electron chi connectivity index (χ2n) is 4.97. The molecule has 1 nitrogen and oxygen atoms in total. The Kier molecular flexibility index (Phi) is 3.16. The molecule has 2 aromatic carbocycles. The van der Waals surface area contributed by atoms with Gasteiger partial charge in [-0.2, -0.15) is 0 Å². The Bertz CT molecular complexity index is 484. The van der Waals surface area contributed by atoms with Gasteiger partial charge in [-0.05, 0) is 24.0 Å². The number of benzene rings is 2. The zero-order valence-electron chi connectivity index (χ0n) is 10.5. The maximum absolute atomic E-state index is 6.13. The molecule has 1 heteroatoms. The highest BCUT2D eigenvalue weighted by molar-refractivity contribution is 5.28. The van der Waals surface area contributed by atoms with Gasteiger partial charge in [-0.15, -0.1) is 0 Å². The van der Waals surface area contributed by atoms with Crippen molar-refractivity contribution in [1.82, 2.24) is 0 Å². The lowest BCUT2D eigenvalue weighted by molar-refractivity contribution is 0.000363. The first-order chi connectivity index (χ1) is 8.89. The highest BCUT2D eigenvalue weighted by Crippen LogP contribution is 2.38. The van der Waals surface area contributed by atoms with Gasteiger partial charge in [0, 0.05) is 13.0 Å². The van der Waals surface area contributed by atoms with Crippen LogP contribution in [0.25, 0.3) is 0 Å². The molecule has 0 aliphatic carbocycles. The van der Waals surface area contributed by atoms with Crippen molar-refractivity contribution in [3.05, 3.63) is 71.8 Å². The van der Waals surface area contributed by atoms with Crippen LogP contribution in [-0.4, -0.2) is 6.61 Å². The van der Waals surface area contributed by atoms with Crippen molar-refractivity contribution in [2.45, 2.75) is 24.9 Å². The van der Waals surface area contributed by atoms with Gasteiger partial charge in [0.05, 0.1) is 5.60 Å². The second-order valence-corrected chi connectivity index (χ2v) is 4.97. The summed E-state index contributed by atoms with van der Waals surface area (Å²) in [6, 6.07) is 21.3. The van der Waals surface area contributed by atoms with E-state index in [4.69, 9.17) is 4.74 Å². The number of rotatable bonds is 3. The zero-order valence-corrected chi connectivity index (χ0v) is 10.5. The van der Waals surface area contributed by atoms with E-state index in [1.165, 1.54) is 11.1 Å². The van der Waals surface area contributed by atoms with Crippen LogP contribution >= 0.6 is 0 Å². The maximum atomic E-state index is 6.13. The Labute approximate surface area is 108 Å². The first kappa shape index (κ1) is 11.5. The smallest absolute Gasteiger partial charge is 0.0972 e. The van der Waals surface area contributed by atoms with Crippen LogP contribution in [0.4, 0.5) is 0 Å². The van der Waals surface area contributed by atoms with Crippen LogP contribution in [0, 0.1) is 0 Å². The molecule has 0 radical (unpaired) electrons. The predicted molar refractivity (Wildman–Crippen MR) is 73.5 cm³/mol. The Morgan fingerprint density at radius 3 is 2.17 bits per heavy atom. The summed E-state index contributed by atoms with van der Waals surface area (Å²) in [5.41, 5.74) is 2.55. The van der Waals surface area contributed by atoms with E-state index < -0.39 is 0 Å². The lowest BCUT2D eigenvalue weighted by atomic mass is 9.85. The van der Waals surface area contributed by atoms with E-state index in [1.807, 2.05) is 0 Å². The number of hydrogen-bond acceptors (Lipinski definition) is 1. The summed E-state index contributed by atoms with van der Waals surface area (Å²) < 4.78 is 6.13. The molecule has 1 saturated heterocycles. The Morgan fingerprint density at radius 1 is 0.889 bits per heavy atom. The van der Waals surface area contributed by atoms with Crippen LogP contribution in [0.2, 0.25) is 0 Å². The molecule has 0 spiro atoms. The first-order valence-electron chi connectivity index (χ1n) is 6.62. The largest absolute Gasteiger partial charge is 0.370 e. The van der Waals surface area contributed by atoms with Crippen molar-refractivity contribution in [3.8, 4) is 0 Å². The van der Waals surface area contributed by atoms with Crippen molar-refractivity contribution in [1.29, 1.82) is 0 Å². The molecule has 92 valence electrons. The number of hydrogen-bond donors (Lipinski definition) is 0. The average Bonchev–Trinajstić information content (AvgIpc) is 2.91. The van der Waals surface area contributed by atoms with Gasteiger partial charge >= 0.3 is 0 Å². The fraction of sp³-hybridized carbons (Fsp3) is 0.294. The summed E-state index contributed by atoms with van der Waals surface area (Å²) in [5, 5.41) is 0. The minimum Gasteiger partial charge on any atom is -0.370 e. The molecule has 18 heavy (non-hydrogen) atoms. The number of ether oxygens (including phenoxy) is 1. The van der Waals surface area contributed by atoms with Crippen molar-refractivity contribution in [3.63, 3.8) is 0 Å². The molecule has 0 N–H and O–H groups in total. The van der Waals surface area contributed by atoms with Crippen LogP contribution in [0.3, 0.4) is 0 Å². The Morgan fingerprint density at radius 2 is 1.56 bits per heavy atom. The van der Waals surface area contributed by atoms with Crippen LogP contribution < -0.4 is 0 Å². The lowest BCUT2D eigenvalue weighted by Gasteiger charge is -2.29.